The van der Waals surface area contributed by atoms with E-state index in [4.69, 9.17) is 5.73 Å². The van der Waals surface area contributed by atoms with Crippen LogP contribution < -0.4 is 5.73 Å². The average molecular weight is 240 g/mol. The molecule has 2 rings (SSSR count). The van der Waals surface area contributed by atoms with Gasteiger partial charge in [0.2, 0.25) is 0 Å². The van der Waals surface area contributed by atoms with Crippen molar-refractivity contribution in [2.75, 3.05) is 19.8 Å². The molecule has 0 heterocycles. The van der Waals surface area contributed by atoms with Crippen LogP contribution >= 0.6 is 0 Å². The molecule has 0 aromatic heterocycles. The molecule has 2 N–H and O–H groups in total. The first-order valence-electron chi connectivity index (χ1n) is 6.20. The SMILES string of the molecule is CN(C)Cc1ccc(Cc2cccc(N)c2)cc1. The van der Waals surface area contributed by atoms with Crippen molar-refractivity contribution in [3.63, 3.8) is 0 Å². The first-order valence-corrected chi connectivity index (χ1v) is 6.20. The standard InChI is InChI=1S/C16H20N2/c1-18(2)12-14-8-6-13(7-9-14)10-15-4-3-5-16(17)11-15/h3-9,11H,10,12,17H2,1-2H3. The average Bonchev–Trinajstić information content (AvgIpc) is 2.31. The highest BCUT2D eigenvalue weighted by Gasteiger charge is 1.99. The van der Waals surface area contributed by atoms with Crippen molar-refractivity contribution in [2.45, 2.75) is 13.0 Å². The molecule has 0 radical (unpaired) electrons. The van der Waals surface area contributed by atoms with Gasteiger partial charge in [0, 0.05) is 12.2 Å². The largest absolute Gasteiger partial charge is 0.399 e. The maximum absolute atomic E-state index is 5.79. The smallest absolute Gasteiger partial charge is 0.0316 e. The molecule has 2 heteroatoms. The third-order valence-electron chi connectivity index (χ3n) is 2.88. The van der Waals surface area contributed by atoms with Crippen LogP contribution in [0.2, 0.25) is 0 Å². The van der Waals surface area contributed by atoms with Gasteiger partial charge in [0.15, 0.2) is 0 Å². The quantitative estimate of drug-likeness (QED) is 0.833. The minimum atomic E-state index is 0.830. The molecule has 0 bridgehead atoms. The van der Waals surface area contributed by atoms with Crippen LogP contribution in [0, 0.1) is 0 Å². The first kappa shape index (κ1) is 12.7. The Hall–Kier alpha value is -1.80. The Morgan fingerprint density at radius 3 is 2.17 bits per heavy atom. The number of benzene rings is 2. The zero-order valence-corrected chi connectivity index (χ0v) is 11.1. The van der Waals surface area contributed by atoms with Gasteiger partial charge in [-0.3, -0.25) is 0 Å². The van der Waals surface area contributed by atoms with Gasteiger partial charge in [-0.1, -0.05) is 36.4 Å². The molecule has 94 valence electrons. The summed E-state index contributed by atoms with van der Waals surface area (Å²) < 4.78 is 0. The maximum atomic E-state index is 5.79. The predicted molar refractivity (Wildman–Crippen MR) is 77.5 cm³/mol. The van der Waals surface area contributed by atoms with Crippen molar-refractivity contribution in [1.82, 2.24) is 4.90 Å². The second-order valence-corrected chi connectivity index (χ2v) is 4.98. The molecule has 2 aromatic rings. The van der Waals surface area contributed by atoms with Crippen molar-refractivity contribution in [1.29, 1.82) is 0 Å². The van der Waals surface area contributed by atoms with Crippen LogP contribution in [0.3, 0.4) is 0 Å². The summed E-state index contributed by atoms with van der Waals surface area (Å²) in [4.78, 5) is 2.17. The summed E-state index contributed by atoms with van der Waals surface area (Å²) in [6.07, 6.45) is 0.938. The molecule has 0 atom stereocenters. The Kier molecular flexibility index (Phi) is 4.00. The van der Waals surface area contributed by atoms with E-state index in [-0.39, 0.29) is 0 Å². The Balaban J connectivity index is 2.06. The van der Waals surface area contributed by atoms with Crippen LogP contribution in [0.4, 0.5) is 5.69 Å². The second-order valence-electron chi connectivity index (χ2n) is 4.98. The lowest BCUT2D eigenvalue weighted by Crippen LogP contribution is -2.10. The highest BCUT2D eigenvalue weighted by molar-refractivity contribution is 5.42. The molecular weight excluding hydrogens is 220 g/mol. The van der Waals surface area contributed by atoms with E-state index in [1.54, 1.807) is 0 Å². The summed E-state index contributed by atoms with van der Waals surface area (Å²) in [6.45, 7) is 0.985. The first-order chi connectivity index (χ1) is 8.63. The molecule has 18 heavy (non-hydrogen) atoms. The van der Waals surface area contributed by atoms with E-state index in [1.165, 1.54) is 16.7 Å². The molecule has 2 nitrogen and oxygen atoms in total. The van der Waals surface area contributed by atoms with Crippen molar-refractivity contribution >= 4 is 5.69 Å². The lowest BCUT2D eigenvalue weighted by atomic mass is 10.0. The zero-order valence-electron chi connectivity index (χ0n) is 11.1. The number of hydrogen-bond donors (Lipinski definition) is 1. The molecule has 0 amide bonds. The molecule has 0 aliphatic rings. The van der Waals surface area contributed by atoms with Gasteiger partial charge in [-0.15, -0.1) is 0 Å². The van der Waals surface area contributed by atoms with E-state index in [1.807, 2.05) is 18.2 Å². The molecule has 0 spiro atoms. The molecule has 2 aromatic carbocycles. The lowest BCUT2D eigenvalue weighted by molar-refractivity contribution is 0.402. The molecule has 0 fully saturated rings. The Morgan fingerprint density at radius 1 is 0.889 bits per heavy atom. The van der Waals surface area contributed by atoms with E-state index >= 15 is 0 Å². The van der Waals surface area contributed by atoms with Crippen molar-refractivity contribution < 1.29 is 0 Å². The summed E-state index contributed by atoms with van der Waals surface area (Å²) in [5, 5.41) is 0. The van der Waals surface area contributed by atoms with Crippen molar-refractivity contribution in [3.8, 4) is 0 Å². The third kappa shape index (κ3) is 3.60. The van der Waals surface area contributed by atoms with E-state index in [9.17, 15) is 0 Å². The van der Waals surface area contributed by atoms with Gasteiger partial charge >= 0.3 is 0 Å². The lowest BCUT2D eigenvalue weighted by Gasteiger charge is -2.10. The fourth-order valence-corrected chi connectivity index (χ4v) is 2.07. The highest BCUT2D eigenvalue weighted by atomic mass is 15.0. The van der Waals surface area contributed by atoms with Gasteiger partial charge in [0.05, 0.1) is 0 Å². The van der Waals surface area contributed by atoms with Gasteiger partial charge in [-0.25, -0.2) is 0 Å². The summed E-state index contributed by atoms with van der Waals surface area (Å²) in [5.74, 6) is 0. The second kappa shape index (κ2) is 5.69. The maximum Gasteiger partial charge on any atom is 0.0316 e. The summed E-state index contributed by atoms with van der Waals surface area (Å²) in [5.41, 5.74) is 10.5. The number of nitrogen functional groups attached to an aromatic ring is 1. The van der Waals surface area contributed by atoms with Gasteiger partial charge in [-0.05, 0) is 49.3 Å². The van der Waals surface area contributed by atoms with Crippen LogP contribution in [0.25, 0.3) is 0 Å². The van der Waals surface area contributed by atoms with Crippen molar-refractivity contribution in [2.24, 2.45) is 0 Å². The zero-order chi connectivity index (χ0) is 13.0. The van der Waals surface area contributed by atoms with Gasteiger partial charge in [-0.2, -0.15) is 0 Å². The Bertz CT molecular complexity index is 501. The van der Waals surface area contributed by atoms with Crippen LogP contribution in [0.15, 0.2) is 48.5 Å². The third-order valence-corrected chi connectivity index (χ3v) is 2.88. The van der Waals surface area contributed by atoms with E-state index in [0.29, 0.717) is 0 Å². The number of nitrogens with zero attached hydrogens (tertiary/aromatic N) is 1. The molecule has 0 aliphatic heterocycles. The molecular formula is C16H20N2. The summed E-state index contributed by atoms with van der Waals surface area (Å²) in [7, 11) is 4.17. The van der Waals surface area contributed by atoms with Gasteiger partial charge in [0.25, 0.3) is 0 Å². The molecule has 0 saturated heterocycles. The van der Waals surface area contributed by atoms with Crippen LogP contribution in [-0.4, -0.2) is 19.0 Å². The van der Waals surface area contributed by atoms with E-state index in [0.717, 1.165) is 18.7 Å². The van der Waals surface area contributed by atoms with Crippen molar-refractivity contribution in [3.05, 3.63) is 65.2 Å². The number of hydrogen-bond acceptors (Lipinski definition) is 2. The Morgan fingerprint density at radius 2 is 1.56 bits per heavy atom. The molecule has 0 aliphatic carbocycles. The van der Waals surface area contributed by atoms with Crippen LogP contribution in [-0.2, 0) is 13.0 Å². The minimum Gasteiger partial charge on any atom is -0.399 e. The predicted octanol–water partition coefficient (Wildman–Crippen LogP) is 2.92. The number of anilines is 1. The topological polar surface area (TPSA) is 29.3 Å². The summed E-state index contributed by atoms with van der Waals surface area (Å²) in [6, 6.07) is 16.9. The van der Waals surface area contributed by atoms with E-state index < -0.39 is 0 Å². The van der Waals surface area contributed by atoms with Gasteiger partial charge in [0.1, 0.15) is 0 Å². The fourth-order valence-electron chi connectivity index (χ4n) is 2.07. The van der Waals surface area contributed by atoms with Gasteiger partial charge < -0.3 is 10.6 Å². The monoisotopic (exact) mass is 240 g/mol. The molecule has 0 unspecified atom stereocenters. The fraction of sp³-hybridized carbons (Fsp3) is 0.250. The normalized spacial score (nSPS) is 10.8. The Labute approximate surface area is 109 Å². The number of rotatable bonds is 4. The van der Waals surface area contributed by atoms with Crippen LogP contribution in [0.5, 0.6) is 0 Å². The number of nitrogens with two attached hydrogens (primary N) is 1. The summed E-state index contributed by atoms with van der Waals surface area (Å²) >= 11 is 0. The highest BCUT2D eigenvalue weighted by Crippen LogP contribution is 2.13. The van der Waals surface area contributed by atoms with E-state index in [2.05, 4.69) is 49.3 Å². The minimum absolute atomic E-state index is 0.830. The molecule has 0 saturated carbocycles. The van der Waals surface area contributed by atoms with Crippen LogP contribution in [0.1, 0.15) is 16.7 Å².